The number of amides is 2. The standard InChI is InChI=1S/C31H34F4N2O3/c1-20(23-14-9-11-21-10-5-6-12-24(21)23)37(29(39)40-30(2,3)4)18-22-16-17-36(28(38)31(33,34)35)19-26(22)25-13-7-8-15-27(25)32/h5-15,20,22,26H,16-19H2,1-4H3/t20-,22?,26?/m1/s1. The van der Waals surface area contributed by atoms with Crippen LogP contribution in [-0.4, -0.2) is 53.2 Å². The molecule has 9 heteroatoms. The van der Waals surface area contributed by atoms with Crippen LogP contribution in [-0.2, 0) is 9.53 Å². The van der Waals surface area contributed by atoms with Gasteiger partial charge in [0.15, 0.2) is 0 Å². The third-order valence-electron chi connectivity index (χ3n) is 7.39. The van der Waals surface area contributed by atoms with Gasteiger partial charge >= 0.3 is 18.2 Å². The van der Waals surface area contributed by atoms with Gasteiger partial charge in [-0.25, -0.2) is 9.18 Å². The molecule has 0 spiro atoms. The fraction of sp³-hybridized carbons (Fsp3) is 0.419. The van der Waals surface area contributed by atoms with Crippen LogP contribution in [0.3, 0.4) is 0 Å². The third-order valence-corrected chi connectivity index (χ3v) is 7.39. The van der Waals surface area contributed by atoms with Crippen LogP contribution in [0.25, 0.3) is 10.8 Å². The number of rotatable bonds is 5. The van der Waals surface area contributed by atoms with Crippen molar-refractivity contribution in [2.24, 2.45) is 5.92 Å². The Labute approximate surface area is 231 Å². The zero-order valence-electron chi connectivity index (χ0n) is 23.0. The van der Waals surface area contributed by atoms with Crippen molar-refractivity contribution in [3.8, 4) is 0 Å². The number of likely N-dealkylation sites (tertiary alicyclic amines) is 1. The lowest BCUT2D eigenvalue weighted by Crippen LogP contribution is -2.51. The summed E-state index contributed by atoms with van der Waals surface area (Å²) in [5, 5.41) is 1.96. The first-order chi connectivity index (χ1) is 18.8. The van der Waals surface area contributed by atoms with E-state index in [0.717, 1.165) is 21.2 Å². The molecule has 0 aliphatic carbocycles. The van der Waals surface area contributed by atoms with Crippen molar-refractivity contribution in [3.05, 3.63) is 83.7 Å². The van der Waals surface area contributed by atoms with Gasteiger partial charge in [-0.2, -0.15) is 13.2 Å². The molecule has 2 amide bonds. The molecule has 0 N–H and O–H groups in total. The maximum atomic E-state index is 15.0. The Balaban J connectivity index is 1.72. The van der Waals surface area contributed by atoms with E-state index < -0.39 is 47.5 Å². The maximum Gasteiger partial charge on any atom is 0.471 e. The van der Waals surface area contributed by atoms with Crippen molar-refractivity contribution < 1.29 is 31.9 Å². The van der Waals surface area contributed by atoms with Crippen LogP contribution in [0.15, 0.2) is 66.7 Å². The number of hydrogen-bond donors (Lipinski definition) is 0. The van der Waals surface area contributed by atoms with Crippen molar-refractivity contribution in [2.45, 2.75) is 57.9 Å². The molecule has 3 atom stereocenters. The predicted octanol–water partition coefficient (Wildman–Crippen LogP) is 7.47. The summed E-state index contributed by atoms with van der Waals surface area (Å²) in [6, 6.07) is 19.0. The van der Waals surface area contributed by atoms with Gasteiger partial charge in [0.2, 0.25) is 0 Å². The van der Waals surface area contributed by atoms with Gasteiger partial charge < -0.3 is 14.5 Å². The number of alkyl halides is 3. The molecule has 0 radical (unpaired) electrons. The largest absolute Gasteiger partial charge is 0.471 e. The molecule has 4 rings (SSSR count). The minimum Gasteiger partial charge on any atom is -0.444 e. The molecular formula is C31H34F4N2O3. The second kappa shape index (κ2) is 11.5. The van der Waals surface area contributed by atoms with E-state index in [9.17, 15) is 27.2 Å². The van der Waals surface area contributed by atoms with Crippen molar-refractivity contribution in [1.82, 2.24) is 9.80 Å². The third kappa shape index (κ3) is 6.57. The quantitative estimate of drug-likeness (QED) is 0.305. The number of piperidine rings is 1. The fourth-order valence-corrected chi connectivity index (χ4v) is 5.46. The molecule has 0 bridgehead atoms. The summed E-state index contributed by atoms with van der Waals surface area (Å²) in [4.78, 5) is 28.0. The van der Waals surface area contributed by atoms with E-state index in [-0.39, 0.29) is 31.6 Å². The van der Waals surface area contributed by atoms with E-state index in [4.69, 9.17) is 4.74 Å². The number of benzene rings is 3. The Bertz CT molecular complexity index is 1360. The van der Waals surface area contributed by atoms with Gasteiger partial charge in [-0.05, 0) is 68.0 Å². The van der Waals surface area contributed by atoms with Crippen LogP contribution in [0.5, 0.6) is 0 Å². The summed E-state index contributed by atoms with van der Waals surface area (Å²) >= 11 is 0. The number of halogens is 4. The van der Waals surface area contributed by atoms with Crippen LogP contribution in [0.2, 0.25) is 0 Å². The Kier molecular flexibility index (Phi) is 8.42. The van der Waals surface area contributed by atoms with Gasteiger partial charge in [0.05, 0.1) is 6.04 Å². The predicted molar refractivity (Wildman–Crippen MR) is 145 cm³/mol. The van der Waals surface area contributed by atoms with Gasteiger partial charge in [-0.3, -0.25) is 4.79 Å². The second-order valence-corrected chi connectivity index (χ2v) is 11.3. The van der Waals surface area contributed by atoms with E-state index in [2.05, 4.69) is 0 Å². The molecule has 214 valence electrons. The summed E-state index contributed by atoms with van der Waals surface area (Å²) < 4.78 is 60.7. The van der Waals surface area contributed by atoms with Gasteiger partial charge in [-0.15, -0.1) is 0 Å². The lowest BCUT2D eigenvalue weighted by Gasteiger charge is -2.42. The minimum atomic E-state index is -5.03. The number of fused-ring (bicyclic) bond motifs is 1. The number of hydrogen-bond acceptors (Lipinski definition) is 3. The van der Waals surface area contributed by atoms with Crippen LogP contribution >= 0.6 is 0 Å². The lowest BCUT2D eigenvalue weighted by molar-refractivity contribution is -0.187. The Hall–Kier alpha value is -3.62. The second-order valence-electron chi connectivity index (χ2n) is 11.3. The first-order valence-electron chi connectivity index (χ1n) is 13.3. The van der Waals surface area contributed by atoms with Gasteiger partial charge in [0, 0.05) is 25.6 Å². The Morgan fingerprint density at radius 3 is 2.33 bits per heavy atom. The smallest absolute Gasteiger partial charge is 0.444 e. The van der Waals surface area contributed by atoms with E-state index in [1.54, 1.807) is 31.7 Å². The molecule has 0 saturated carbocycles. The van der Waals surface area contributed by atoms with Crippen LogP contribution < -0.4 is 0 Å². The highest BCUT2D eigenvalue weighted by molar-refractivity contribution is 5.86. The maximum absolute atomic E-state index is 15.0. The fourth-order valence-electron chi connectivity index (χ4n) is 5.46. The number of ether oxygens (including phenoxy) is 1. The summed E-state index contributed by atoms with van der Waals surface area (Å²) in [5.41, 5.74) is 0.312. The molecular weight excluding hydrogens is 524 g/mol. The molecule has 3 aromatic carbocycles. The summed E-state index contributed by atoms with van der Waals surface area (Å²) in [5.74, 6) is -3.70. The molecule has 2 unspecified atom stereocenters. The molecule has 1 saturated heterocycles. The lowest BCUT2D eigenvalue weighted by atomic mass is 9.79. The van der Waals surface area contributed by atoms with Gasteiger partial charge in [0.25, 0.3) is 0 Å². The van der Waals surface area contributed by atoms with E-state index in [0.29, 0.717) is 0 Å². The molecule has 1 aliphatic rings. The Morgan fingerprint density at radius 2 is 1.65 bits per heavy atom. The zero-order valence-corrected chi connectivity index (χ0v) is 23.0. The van der Waals surface area contributed by atoms with Crippen LogP contribution in [0.4, 0.5) is 22.4 Å². The highest BCUT2D eigenvalue weighted by Crippen LogP contribution is 2.38. The molecule has 40 heavy (non-hydrogen) atoms. The van der Waals surface area contributed by atoms with Gasteiger partial charge in [0.1, 0.15) is 11.4 Å². The first kappa shape index (κ1) is 29.4. The van der Waals surface area contributed by atoms with Crippen molar-refractivity contribution in [2.75, 3.05) is 19.6 Å². The van der Waals surface area contributed by atoms with Gasteiger partial charge in [-0.1, -0.05) is 60.7 Å². The summed E-state index contributed by atoms with van der Waals surface area (Å²) in [6.45, 7) is 6.80. The number of carbonyl (C=O) groups is 2. The molecule has 0 aromatic heterocycles. The minimum absolute atomic E-state index is 0.104. The topological polar surface area (TPSA) is 49.9 Å². The van der Waals surface area contributed by atoms with Crippen molar-refractivity contribution in [3.63, 3.8) is 0 Å². The number of nitrogens with zero attached hydrogens (tertiary/aromatic N) is 2. The highest BCUT2D eigenvalue weighted by Gasteiger charge is 2.46. The summed E-state index contributed by atoms with van der Waals surface area (Å²) in [6.07, 6.45) is -5.45. The van der Waals surface area contributed by atoms with Crippen molar-refractivity contribution >= 4 is 22.8 Å². The Morgan fingerprint density at radius 1 is 1.00 bits per heavy atom. The summed E-state index contributed by atoms with van der Waals surface area (Å²) in [7, 11) is 0. The monoisotopic (exact) mass is 558 g/mol. The van der Waals surface area contributed by atoms with Crippen LogP contribution in [0, 0.1) is 11.7 Å². The molecule has 3 aromatic rings. The first-order valence-corrected chi connectivity index (χ1v) is 13.3. The van der Waals surface area contributed by atoms with Crippen molar-refractivity contribution in [1.29, 1.82) is 0 Å². The van der Waals surface area contributed by atoms with Crippen LogP contribution in [0.1, 0.15) is 57.2 Å². The number of carbonyl (C=O) groups excluding carboxylic acids is 2. The molecule has 1 fully saturated rings. The molecule has 5 nitrogen and oxygen atoms in total. The van der Waals surface area contributed by atoms with E-state index >= 15 is 0 Å². The average Bonchev–Trinajstić information content (AvgIpc) is 2.89. The van der Waals surface area contributed by atoms with E-state index in [1.165, 1.54) is 18.2 Å². The van der Waals surface area contributed by atoms with E-state index in [1.807, 2.05) is 49.4 Å². The SMILES string of the molecule is C[C@H](c1cccc2ccccc12)N(CC1CCN(C(=O)C(F)(F)F)CC1c1ccccc1F)C(=O)OC(C)(C)C. The highest BCUT2D eigenvalue weighted by atomic mass is 19.4. The molecule has 1 aliphatic heterocycles. The average molecular weight is 559 g/mol. The molecule has 1 heterocycles. The zero-order chi connectivity index (χ0) is 29.2. The normalized spacial score (nSPS) is 18.9.